The van der Waals surface area contributed by atoms with E-state index in [9.17, 15) is 18.0 Å². The molecule has 2 aromatic rings. The van der Waals surface area contributed by atoms with E-state index in [4.69, 9.17) is 4.42 Å². The molecule has 0 fully saturated rings. The van der Waals surface area contributed by atoms with Gasteiger partial charge in [-0.1, -0.05) is 30.7 Å². The Balaban J connectivity index is 1.86. The van der Waals surface area contributed by atoms with Crippen molar-refractivity contribution >= 4 is 23.7 Å². The summed E-state index contributed by atoms with van der Waals surface area (Å²) in [6.07, 6.45) is -3.70. The molecule has 0 aromatic carbocycles. The van der Waals surface area contributed by atoms with Gasteiger partial charge in [-0.05, 0) is 12.1 Å². The number of carbonyl (C=O) groups excluding carboxylic acids is 1. The van der Waals surface area contributed by atoms with Crippen LogP contribution < -0.4 is 5.32 Å². The number of alkyl halides is 3. The number of hydrogen-bond donors (Lipinski definition) is 1. The lowest BCUT2D eigenvalue weighted by molar-refractivity contribution is -0.137. The zero-order valence-corrected chi connectivity index (χ0v) is 13.0. The monoisotopic (exact) mass is 346 g/mol. The van der Waals surface area contributed by atoms with E-state index in [-0.39, 0.29) is 17.7 Å². The van der Waals surface area contributed by atoms with Crippen molar-refractivity contribution in [1.82, 2.24) is 15.2 Å². The Morgan fingerprint density at radius 3 is 2.61 bits per heavy atom. The van der Waals surface area contributed by atoms with Gasteiger partial charge in [-0.15, -0.1) is 5.10 Å². The predicted octanol–water partition coefficient (Wildman–Crippen LogP) is 3.34. The van der Waals surface area contributed by atoms with Gasteiger partial charge in [-0.2, -0.15) is 13.2 Å². The Labute approximate surface area is 133 Å². The van der Waals surface area contributed by atoms with E-state index in [2.05, 4.69) is 20.5 Å². The molecule has 2 aromatic heterocycles. The van der Waals surface area contributed by atoms with E-state index in [1.54, 1.807) is 0 Å². The summed E-state index contributed by atoms with van der Waals surface area (Å²) in [5.41, 5.74) is -0.835. The maximum Gasteiger partial charge on any atom is 0.417 e. The second-order valence-electron chi connectivity index (χ2n) is 4.82. The first-order valence-corrected chi connectivity index (χ1v) is 7.53. The SMILES string of the molecule is CC(C)c1nnc(NC(=O)CSc2ccc(C(F)(F)F)cn2)o1. The molecule has 0 saturated heterocycles. The smallest absolute Gasteiger partial charge is 0.408 e. The van der Waals surface area contributed by atoms with Crippen LogP contribution in [0.15, 0.2) is 27.8 Å². The van der Waals surface area contributed by atoms with Gasteiger partial charge in [0, 0.05) is 12.1 Å². The number of aromatic nitrogens is 3. The van der Waals surface area contributed by atoms with Crippen LogP contribution in [0.25, 0.3) is 0 Å². The second-order valence-corrected chi connectivity index (χ2v) is 5.82. The van der Waals surface area contributed by atoms with Crippen LogP contribution >= 0.6 is 11.8 Å². The normalized spacial score (nSPS) is 11.7. The summed E-state index contributed by atoms with van der Waals surface area (Å²) in [5.74, 6) is -0.0236. The minimum absolute atomic E-state index is 0.0142. The molecule has 0 saturated carbocycles. The van der Waals surface area contributed by atoms with E-state index < -0.39 is 17.6 Å². The number of hydrogen-bond acceptors (Lipinski definition) is 6. The Morgan fingerprint density at radius 1 is 1.35 bits per heavy atom. The van der Waals surface area contributed by atoms with Gasteiger partial charge >= 0.3 is 12.2 Å². The molecule has 1 N–H and O–H groups in total. The lowest BCUT2D eigenvalue weighted by Crippen LogP contribution is -2.14. The molecule has 0 radical (unpaired) electrons. The summed E-state index contributed by atoms with van der Waals surface area (Å²) in [6.45, 7) is 3.73. The van der Waals surface area contributed by atoms with Crippen LogP contribution in [0, 0.1) is 0 Å². The van der Waals surface area contributed by atoms with Crippen LogP contribution in [-0.2, 0) is 11.0 Å². The number of anilines is 1. The number of amides is 1. The van der Waals surface area contributed by atoms with Crippen molar-refractivity contribution in [3.8, 4) is 0 Å². The number of nitrogens with zero attached hydrogens (tertiary/aromatic N) is 3. The maximum absolute atomic E-state index is 12.4. The summed E-state index contributed by atoms with van der Waals surface area (Å²) in [4.78, 5) is 15.4. The summed E-state index contributed by atoms with van der Waals surface area (Å²) < 4.78 is 42.4. The van der Waals surface area contributed by atoms with Crippen LogP contribution in [0.5, 0.6) is 0 Å². The molecular formula is C13H13F3N4O2S. The largest absolute Gasteiger partial charge is 0.417 e. The van der Waals surface area contributed by atoms with Gasteiger partial charge in [-0.3, -0.25) is 10.1 Å². The molecule has 23 heavy (non-hydrogen) atoms. The highest BCUT2D eigenvalue weighted by Crippen LogP contribution is 2.29. The summed E-state index contributed by atoms with van der Waals surface area (Å²) >= 11 is 1.000. The molecule has 2 rings (SSSR count). The van der Waals surface area contributed by atoms with Crippen molar-refractivity contribution in [2.24, 2.45) is 0 Å². The second kappa shape index (κ2) is 6.99. The van der Waals surface area contributed by atoms with Crippen molar-refractivity contribution < 1.29 is 22.4 Å². The average molecular weight is 346 g/mol. The number of thioether (sulfide) groups is 1. The first-order chi connectivity index (χ1) is 10.8. The van der Waals surface area contributed by atoms with Gasteiger partial charge in [0.2, 0.25) is 11.8 Å². The molecule has 0 atom stereocenters. The fraction of sp³-hybridized carbons (Fsp3) is 0.385. The lowest BCUT2D eigenvalue weighted by atomic mass is 10.2. The Kier molecular flexibility index (Phi) is 5.24. The van der Waals surface area contributed by atoms with E-state index in [1.165, 1.54) is 6.07 Å². The van der Waals surface area contributed by atoms with Gasteiger partial charge < -0.3 is 4.42 Å². The van der Waals surface area contributed by atoms with Crippen molar-refractivity contribution in [1.29, 1.82) is 0 Å². The van der Waals surface area contributed by atoms with Crippen LogP contribution in [0.1, 0.15) is 31.2 Å². The van der Waals surface area contributed by atoms with Crippen LogP contribution in [0.3, 0.4) is 0 Å². The molecule has 0 aliphatic rings. The van der Waals surface area contributed by atoms with Crippen molar-refractivity contribution in [3.05, 3.63) is 29.8 Å². The van der Waals surface area contributed by atoms with Gasteiger partial charge in [0.25, 0.3) is 0 Å². The molecular weight excluding hydrogens is 333 g/mol. The quantitative estimate of drug-likeness (QED) is 0.837. The summed E-state index contributed by atoms with van der Waals surface area (Å²) in [7, 11) is 0. The molecule has 10 heteroatoms. The van der Waals surface area contributed by atoms with Gasteiger partial charge in [0.15, 0.2) is 0 Å². The molecule has 6 nitrogen and oxygen atoms in total. The van der Waals surface area contributed by atoms with Gasteiger partial charge in [-0.25, -0.2) is 4.98 Å². The third kappa shape index (κ3) is 4.95. The van der Waals surface area contributed by atoms with E-state index >= 15 is 0 Å². The maximum atomic E-state index is 12.4. The van der Waals surface area contributed by atoms with E-state index in [0.717, 1.165) is 24.0 Å². The Morgan fingerprint density at radius 2 is 2.09 bits per heavy atom. The first-order valence-electron chi connectivity index (χ1n) is 6.55. The van der Waals surface area contributed by atoms with Crippen molar-refractivity contribution in [2.45, 2.75) is 31.0 Å². The molecule has 0 spiro atoms. The van der Waals surface area contributed by atoms with E-state index in [0.29, 0.717) is 10.9 Å². The molecule has 124 valence electrons. The Hall–Kier alpha value is -2.10. The molecule has 0 bridgehead atoms. The van der Waals surface area contributed by atoms with Crippen LogP contribution in [0.2, 0.25) is 0 Å². The molecule has 0 unspecified atom stereocenters. The fourth-order valence-corrected chi connectivity index (χ4v) is 2.09. The zero-order valence-electron chi connectivity index (χ0n) is 12.2. The highest BCUT2D eigenvalue weighted by molar-refractivity contribution is 7.99. The minimum atomic E-state index is -4.43. The molecule has 2 heterocycles. The highest BCUT2D eigenvalue weighted by atomic mass is 32.2. The highest BCUT2D eigenvalue weighted by Gasteiger charge is 2.30. The van der Waals surface area contributed by atoms with Crippen molar-refractivity contribution in [2.75, 3.05) is 11.1 Å². The fourth-order valence-electron chi connectivity index (χ4n) is 1.45. The average Bonchev–Trinajstić information content (AvgIpc) is 2.93. The standard InChI is InChI=1S/C13H13F3N4O2S/c1-7(2)11-19-20-12(22-11)18-9(21)6-23-10-4-3-8(5-17-10)13(14,15)16/h3-5,7H,6H2,1-2H3,(H,18,20,21). The Bertz CT molecular complexity index is 671. The number of rotatable bonds is 5. The molecule has 0 aliphatic carbocycles. The zero-order chi connectivity index (χ0) is 17.0. The van der Waals surface area contributed by atoms with Gasteiger partial charge in [0.05, 0.1) is 16.3 Å². The summed E-state index contributed by atoms with van der Waals surface area (Å²) in [5, 5.41) is 10.2. The third-order valence-electron chi connectivity index (χ3n) is 2.60. The number of carbonyl (C=O) groups is 1. The van der Waals surface area contributed by atoms with Crippen LogP contribution in [-0.4, -0.2) is 26.8 Å². The minimum Gasteiger partial charge on any atom is -0.408 e. The van der Waals surface area contributed by atoms with Crippen LogP contribution in [0.4, 0.5) is 19.2 Å². The summed E-state index contributed by atoms with van der Waals surface area (Å²) in [6, 6.07) is 2.12. The molecule has 0 aliphatic heterocycles. The number of pyridine rings is 1. The number of nitrogens with one attached hydrogen (secondary N) is 1. The topological polar surface area (TPSA) is 80.9 Å². The number of halogens is 3. The predicted molar refractivity (Wildman–Crippen MR) is 77.0 cm³/mol. The third-order valence-corrected chi connectivity index (χ3v) is 3.54. The van der Waals surface area contributed by atoms with Crippen molar-refractivity contribution in [3.63, 3.8) is 0 Å². The first kappa shape index (κ1) is 17.3. The van der Waals surface area contributed by atoms with E-state index in [1.807, 2.05) is 13.8 Å². The lowest BCUT2D eigenvalue weighted by Gasteiger charge is -2.06. The van der Waals surface area contributed by atoms with Gasteiger partial charge in [0.1, 0.15) is 0 Å². The molecule has 1 amide bonds.